The molecule has 19 heavy (non-hydrogen) atoms. The van der Waals surface area contributed by atoms with Crippen LogP contribution >= 0.6 is 0 Å². The maximum Gasteiger partial charge on any atom is 0.00204 e. The standard InChI is InChI=1S/C18H21N/c1-2-6-15(7-3-1)10-11-17-14-19-13-12-16-8-4-5-9-18(16)17/h1-9,17,19H,10-14H2/t17-/m1/s1. The summed E-state index contributed by atoms with van der Waals surface area (Å²) in [6, 6.07) is 19.8. The molecule has 0 saturated heterocycles. The van der Waals surface area contributed by atoms with Gasteiger partial charge in [0.05, 0.1) is 0 Å². The molecule has 1 nitrogen and oxygen atoms in total. The lowest BCUT2D eigenvalue weighted by molar-refractivity contribution is 0.572. The van der Waals surface area contributed by atoms with Crippen LogP contribution in [0.3, 0.4) is 0 Å². The summed E-state index contributed by atoms with van der Waals surface area (Å²) < 4.78 is 0. The van der Waals surface area contributed by atoms with Gasteiger partial charge >= 0.3 is 0 Å². The molecule has 0 fully saturated rings. The topological polar surface area (TPSA) is 12.0 Å². The zero-order chi connectivity index (χ0) is 12.9. The molecule has 0 aliphatic carbocycles. The summed E-state index contributed by atoms with van der Waals surface area (Å²) in [6.07, 6.45) is 3.56. The molecular formula is C18H21N. The van der Waals surface area contributed by atoms with E-state index in [0.717, 1.165) is 19.5 Å². The Bertz CT molecular complexity index is 518. The monoisotopic (exact) mass is 251 g/mol. The van der Waals surface area contributed by atoms with Crippen molar-refractivity contribution in [3.63, 3.8) is 0 Å². The maximum atomic E-state index is 3.58. The van der Waals surface area contributed by atoms with Crippen molar-refractivity contribution >= 4 is 0 Å². The Hall–Kier alpha value is -1.60. The highest BCUT2D eigenvalue weighted by atomic mass is 14.9. The summed E-state index contributed by atoms with van der Waals surface area (Å²) in [5.41, 5.74) is 4.54. The highest BCUT2D eigenvalue weighted by Crippen LogP contribution is 2.26. The van der Waals surface area contributed by atoms with Crippen LogP contribution < -0.4 is 5.32 Å². The number of aryl methyl sites for hydroxylation is 1. The fourth-order valence-electron chi connectivity index (χ4n) is 3.01. The molecule has 1 heteroatoms. The van der Waals surface area contributed by atoms with Crippen LogP contribution in [-0.4, -0.2) is 13.1 Å². The summed E-state index contributed by atoms with van der Waals surface area (Å²) in [6.45, 7) is 2.22. The number of hydrogen-bond donors (Lipinski definition) is 1. The summed E-state index contributed by atoms with van der Waals surface area (Å²) in [5, 5.41) is 3.58. The minimum Gasteiger partial charge on any atom is -0.316 e. The second-order valence-corrected chi connectivity index (χ2v) is 5.37. The molecule has 0 radical (unpaired) electrons. The third-order valence-electron chi connectivity index (χ3n) is 4.08. The average molecular weight is 251 g/mol. The van der Waals surface area contributed by atoms with Gasteiger partial charge in [-0.2, -0.15) is 0 Å². The first kappa shape index (κ1) is 12.4. The van der Waals surface area contributed by atoms with Crippen molar-refractivity contribution in [2.24, 2.45) is 0 Å². The molecule has 3 rings (SSSR count). The van der Waals surface area contributed by atoms with Crippen LogP contribution in [0.5, 0.6) is 0 Å². The van der Waals surface area contributed by atoms with Gasteiger partial charge in [0.1, 0.15) is 0 Å². The second-order valence-electron chi connectivity index (χ2n) is 5.37. The zero-order valence-electron chi connectivity index (χ0n) is 11.3. The van der Waals surface area contributed by atoms with E-state index in [4.69, 9.17) is 0 Å². The Balaban J connectivity index is 1.74. The Morgan fingerprint density at radius 2 is 1.74 bits per heavy atom. The Kier molecular flexibility index (Phi) is 3.95. The van der Waals surface area contributed by atoms with Crippen LogP contribution in [-0.2, 0) is 12.8 Å². The van der Waals surface area contributed by atoms with Crippen molar-refractivity contribution in [3.8, 4) is 0 Å². The van der Waals surface area contributed by atoms with Crippen molar-refractivity contribution in [3.05, 3.63) is 71.3 Å². The molecule has 2 aromatic rings. The van der Waals surface area contributed by atoms with E-state index in [1.807, 2.05) is 0 Å². The van der Waals surface area contributed by atoms with Crippen molar-refractivity contribution in [2.75, 3.05) is 13.1 Å². The Morgan fingerprint density at radius 3 is 2.63 bits per heavy atom. The van der Waals surface area contributed by atoms with Gasteiger partial charge in [-0.15, -0.1) is 0 Å². The first-order chi connectivity index (χ1) is 9.43. The predicted octanol–water partition coefficient (Wildman–Crippen LogP) is 3.55. The lowest BCUT2D eigenvalue weighted by atomic mass is 9.89. The van der Waals surface area contributed by atoms with Gasteiger partial charge in [-0.3, -0.25) is 0 Å². The van der Waals surface area contributed by atoms with Crippen molar-refractivity contribution in [1.82, 2.24) is 5.32 Å². The molecule has 1 aliphatic rings. The highest BCUT2D eigenvalue weighted by Gasteiger charge is 2.17. The minimum atomic E-state index is 0.652. The van der Waals surface area contributed by atoms with Gasteiger partial charge in [0, 0.05) is 6.54 Å². The fourth-order valence-corrected chi connectivity index (χ4v) is 3.01. The molecule has 0 bridgehead atoms. The zero-order valence-corrected chi connectivity index (χ0v) is 11.3. The Morgan fingerprint density at radius 1 is 0.947 bits per heavy atom. The van der Waals surface area contributed by atoms with Gasteiger partial charge in [0.15, 0.2) is 0 Å². The summed E-state index contributed by atoms with van der Waals surface area (Å²) in [7, 11) is 0. The van der Waals surface area contributed by atoms with E-state index in [9.17, 15) is 0 Å². The van der Waals surface area contributed by atoms with Crippen LogP contribution in [0, 0.1) is 0 Å². The highest BCUT2D eigenvalue weighted by molar-refractivity contribution is 5.32. The quantitative estimate of drug-likeness (QED) is 0.879. The van der Waals surface area contributed by atoms with Crippen molar-refractivity contribution in [2.45, 2.75) is 25.2 Å². The lowest BCUT2D eigenvalue weighted by Gasteiger charge is -2.17. The molecular weight excluding hydrogens is 230 g/mol. The summed E-state index contributed by atoms with van der Waals surface area (Å²) >= 11 is 0. The van der Waals surface area contributed by atoms with Crippen LogP contribution in [0.2, 0.25) is 0 Å². The van der Waals surface area contributed by atoms with Crippen LogP contribution in [0.15, 0.2) is 54.6 Å². The van der Waals surface area contributed by atoms with Gasteiger partial charge < -0.3 is 5.32 Å². The first-order valence-corrected chi connectivity index (χ1v) is 7.26. The van der Waals surface area contributed by atoms with Crippen molar-refractivity contribution < 1.29 is 0 Å². The SMILES string of the molecule is c1ccc(CC[C@@H]2CNCCc3ccccc32)cc1. The van der Waals surface area contributed by atoms with Crippen molar-refractivity contribution in [1.29, 1.82) is 0 Å². The Labute approximate surface area is 115 Å². The second kappa shape index (κ2) is 6.03. The summed E-state index contributed by atoms with van der Waals surface area (Å²) in [5.74, 6) is 0.652. The normalized spacial score (nSPS) is 18.6. The number of rotatable bonds is 3. The average Bonchev–Trinajstić information content (AvgIpc) is 2.68. The van der Waals surface area contributed by atoms with Gasteiger partial charge in [-0.1, -0.05) is 54.6 Å². The van der Waals surface area contributed by atoms with Gasteiger partial charge in [0.2, 0.25) is 0 Å². The smallest absolute Gasteiger partial charge is 0.00204 e. The largest absolute Gasteiger partial charge is 0.316 e. The molecule has 1 aliphatic heterocycles. The van der Waals surface area contributed by atoms with E-state index < -0.39 is 0 Å². The number of nitrogens with one attached hydrogen (secondary N) is 1. The molecule has 1 heterocycles. The van der Waals surface area contributed by atoms with Gasteiger partial charge in [0.25, 0.3) is 0 Å². The van der Waals surface area contributed by atoms with E-state index in [1.54, 1.807) is 5.56 Å². The number of hydrogen-bond acceptors (Lipinski definition) is 1. The number of fused-ring (bicyclic) bond motifs is 1. The van der Waals surface area contributed by atoms with Gasteiger partial charge in [-0.05, 0) is 48.4 Å². The van der Waals surface area contributed by atoms with E-state index in [-0.39, 0.29) is 0 Å². The summed E-state index contributed by atoms with van der Waals surface area (Å²) in [4.78, 5) is 0. The predicted molar refractivity (Wildman–Crippen MR) is 80.5 cm³/mol. The van der Waals surface area contributed by atoms with E-state index >= 15 is 0 Å². The molecule has 0 saturated carbocycles. The molecule has 0 aromatic heterocycles. The van der Waals surface area contributed by atoms with Gasteiger partial charge in [-0.25, -0.2) is 0 Å². The maximum absolute atomic E-state index is 3.58. The minimum absolute atomic E-state index is 0.652. The van der Waals surface area contributed by atoms with Crippen LogP contribution in [0.4, 0.5) is 0 Å². The molecule has 1 N–H and O–H groups in total. The first-order valence-electron chi connectivity index (χ1n) is 7.26. The molecule has 2 aromatic carbocycles. The molecule has 0 amide bonds. The van der Waals surface area contributed by atoms with Crippen LogP contribution in [0.1, 0.15) is 29.0 Å². The lowest BCUT2D eigenvalue weighted by Crippen LogP contribution is -2.20. The van der Waals surface area contributed by atoms with E-state index in [2.05, 4.69) is 59.9 Å². The third-order valence-corrected chi connectivity index (χ3v) is 4.08. The fraction of sp³-hybridized carbons (Fsp3) is 0.333. The third kappa shape index (κ3) is 3.05. The molecule has 98 valence electrons. The molecule has 0 unspecified atom stereocenters. The van der Waals surface area contributed by atoms with E-state index in [1.165, 1.54) is 24.0 Å². The van der Waals surface area contributed by atoms with Crippen LogP contribution in [0.25, 0.3) is 0 Å². The molecule has 1 atom stereocenters. The van der Waals surface area contributed by atoms with E-state index in [0.29, 0.717) is 5.92 Å². The number of benzene rings is 2. The molecule has 0 spiro atoms.